The zero-order valence-electron chi connectivity index (χ0n) is 19.6. The number of nitrogens with zero attached hydrogens (tertiary/aromatic N) is 2. The molecule has 0 aliphatic heterocycles. The molecular formula is C26H23ClFN3O4S. The number of nitrogens with one attached hydrogen (secondary N) is 1. The van der Waals surface area contributed by atoms with Crippen molar-refractivity contribution < 1.29 is 18.7 Å². The van der Waals surface area contributed by atoms with Crippen LogP contribution in [0.3, 0.4) is 0 Å². The van der Waals surface area contributed by atoms with Crippen molar-refractivity contribution in [2.24, 2.45) is 0 Å². The van der Waals surface area contributed by atoms with Gasteiger partial charge in [0.05, 0.1) is 30.9 Å². The van der Waals surface area contributed by atoms with E-state index in [9.17, 15) is 14.0 Å². The molecule has 1 aromatic heterocycles. The van der Waals surface area contributed by atoms with Gasteiger partial charge in [0.1, 0.15) is 5.82 Å². The molecule has 1 N–H and O–H groups in total. The molecule has 36 heavy (non-hydrogen) atoms. The minimum absolute atomic E-state index is 0.00353. The van der Waals surface area contributed by atoms with E-state index < -0.39 is 0 Å². The van der Waals surface area contributed by atoms with E-state index in [1.807, 2.05) is 12.1 Å². The van der Waals surface area contributed by atoms with Crippen molar-refractivity contribution in [1.29, 1.82) is 0 Å². The number of benzene rings is 3. The van der Waals surface area contributed by atoms with Crippen LogP contribution in [0.5, 0.6) is 11.5 Å². The first-order valence-electron chi connectivity index (χ1n) is 11.0. The Labute approximate surface area is 216 Å². The number of fused-ring (bicyclic) bond motifs is 1. The maximum Gasteiger partial charge on any atom is 0.262 e. The molecule has 0 unspecified atom stereocenters. The Hall–Kier alpha value is -3.56. The quantitative estimate of drug-likeness (QED) is 0.238. The lowest BCUT2D eigenvalue weighted by molar-refractivity contribution is -0.113. The number of anilines is 1. The van der Waals surface area contributed by atoms with Gasteiger partial charge in [0.25, 0.3) is 5.56 Å². The van der Waals surface area contributed by atoms with Crippen molar-refractivity contribution in [3.05, 3.63) is 87.4 Å². The summed E-state index contributed by atoms with van der Waals surface area (Å²) in [5.74, 6) is 0.175. The second kappa shape index (κ2) is 11.5. The highest BCUT2D eigenvalue weighted by Gasteiger charge is 2.17. The van der Waals surface area contributed by atoms with Crippen LogP contribution in [-0.4, -0.2) is 35.4 Å². The molecule has 0 aliphatic carbocycles. The number of hydrogen-bond donors (Lipinski definition) is 1. The van der Waals surface area contributed by atoms with Crippen LogP contribution >= 0.6 is 23.4 Å². The number of halogens is 2. The average Bonchev–Trinajstić information content (AvgIpc) is 2.88. The van der Waals surface area contributed by atoms with E-state index in [1.165, 1.54) is 38.5 Å². The fourth-order valence-electron chi connectivity index (χ4n) is 3.59. The summed E-state index contributed by atoms with van der Waals surface area (Å²) >= 11 is 7.13. The van der Waals surface area contributed by atoms with Gasteiger partial charge in [0.15, 0.2) is 16.7 Å². The molecule has 0 atom stereocenters. The Balaban J connectivity index is 1.64. The van der Waals surface area contributed by atoms with Gasteiger partial charge in [-0.25, -0.2) is 9.37 Å². The number of aryl methyl sites for hydroxylation is 1. The highest BCUT2D eigenvalue weighted by atomic mass is 35.5. The Morgan fingerprint density at radius 1 is 1.06 bits per heavy atom. The van der Waals surface area contributed by atoms with E-state index in [2.05, 4.69) is 10.3 Å². The summed E-state index contributed by atoms with van der Waals surface area (Å²) in [6.45, 7) is 0.347. The monoisotopic (exact) mass is 527 g/mol. The standard InChI is InChI=1S/C26H23ClFN3O4S/c1-34-22-13-20-21(14-23(22)35-2)30-26(36-15-24(32)29-19-9-7-18(28)8-10-19)31(25(20)33)12-11-16-3-5-17(27)6-4-16/h3-10,13-14H,11-12,15H2,1-2H3,(H,29,32). The van der Waals surface area contributed by atoms with Crippen LogP contribution in [0.4, 0.5) is 10.1 Å². The van der Waals surface area contributed by atoms with Crippen LogP contribution in [0.1, 0.15) is 5.56 Å². The third-order valence-electron chi connectivity index (χ3n) is 5.42. The molecule has 0 spiro atoms. The Morgan fingerprint density at radius 3 is 2.39 bits per heavy atom. The van der Waals surface area contributed by atoms with Gasteiger partial charge in [-0.2, -0.15) is 0 Å². The van der Waals surface area contributed by atoms with Gasteiger partial charge in [-0.1, -0.05) is 35.5 Å². The van der Waals surface area contributed by atoms with Gasteiger partial charge in [0, 0.05) is 23.3 Å². The highest BCUT2D eigenvalue weighted by Crippen LogP contribution is 2.31. The number of aromatic nitrogens is 2. The Morgan fingerprint density at radius 2 is 1.72 bits per heavy atom. The second-order valence-corrected chi connectivity index (χ2v) is 9.17. The zero-order valence-corrected chi connectivity index (χ0v) is 21.2. The summed E-state index contributed by atoms with van der Waals surface area (Å²) in [5.41, 5.74) is 1.66. The summed E-state index contributed by atoms with van der Waals surface area (Å²) in [6, 6.07) is 16.1. The van der Waals surface area contributed by atoms with Crippen LogP contribution in [0.25, 0.3) is 10.9 Å². The number of hydrogen-bond acceptors (Lipinski definition) is 6. The molecule has 10 heteroatoms. The molecule has 0 saturated heterocycles. The lowest BCUT2D eigenvalue weighted by atomic mass is 10.1. The molecule has 0 bridgehead atoms. The van der Waals surface area contributed by atoms with E-state index in [4.69, 9.17) is 21.1 Å². The van der Waals surface area contributed by atoms with Crippen LogP contribution in [0.2, 0.25) is 5.02 Å². The fraction of sp³-hybridized carbons (Fsp3) is 0.192. The minimum atomic E-state index is -0.389. The number of carbonyl (C=O) groups excluding carboxylic acids is 1. The van der Waals surface area contributed by atoms with Gasteiger partial charge in [0.2, 0.25) is 5.91 Å². The van der Waals surface area contributed by atoms with Gasteiger partial charge in [-0.15, -0.1) is 0 Å². The maximum absolute atomic E-state index is 13.5. The fourth-order valence-corrected chi connectivity index (χ4v) is 4.54. The summed E-state index contributed by atoms with van der Waals surface area (Å²) in [6.07, 6.45) is 0.562. The molecule has 0 aliphatic rings. The van der Waals surface area contributed by atoms with Crippen molar-refractivity contribution in [2.45, 2.75) is 18.1 Å². The SMILES string of the molecule is COc1cc2nc(SCC(=O)Nc3ccc(F)cc3)n(CCc3ccc(Cl)cc3)c(=O)c2cc1OC. The van der Waals surface area contributed by atoms with Crippen molar-refractivity contribution in [2.75, 3.05) is 25.3 Å². The molecule has 1 amide bonds. The Bertz CT molecular complexity index is 1440. The molecule has 0 radical (unpaired) electrons. The van der Waals surface area contributed by atoms with Gasteiger partial charge < -0.3 is 14.8 Å². The number of ether oxygens (including phenoxy) is 2. The molecule has 1 heterocycles. The van der Waals surface area contributed by atoms with Crippen molar-refractivity contribution in [3.8, 4) is 11.5 Å². The van der Waals surface area contributed by atoms with Gasteiger partial charge >= 0.3 is 0 Å². The summed E-state index contributed by atoms with van der Waals surface area (Å²) in [7, 11) is 3.01. The minimum Gasteiger partial charge on any atom is -0.493 e. The van der Waals surface area contributed by atoms with E-state index >= 15 is 0 Å². The molecule has 4 aromatic rings. The van der Waals surface area contributed by atoms with E-state index in [0.717, 1.165) is 17.3 Å². The predicted octanol–water partition coefficient (Wildman–Crippen LogP) is 5.18. The lowest BCUT2D eigenvalue weighted by Crippen LogP contribution is -2.25. The van der Waals surface area contributed by atoms with E-state index in [0.29, 0.717) is 51.2 Å². The van der Waals surface area contributed by atoms with Crippen LogP contribution in [0, 0.1) is 5.82 Å². The Kier molecular flexibility index (Phi) is 8.12. The average molecular weight is 528 g/mol. The third-order valence-corrected chi connectivity index (χ3v) is 6.65. The maximum atomic E-state index is 13.5. The third kappa shape index (κ3) is 5.98. The topological polar surface area (TPSA) is 82.5 Å². The van der Waals surface area contributed by atoms with Gasteiger partial charge in [-0.3, -0.25) is 14.2 Å². The largest absolute Gasteiger partial charge is 0.493 e. The van der Waals surface area contributed by atoms with Crippen LogP contribution < -0.4 is 20.3 Å². The predicted molar refractivity (Wildman–Crippen MR) is 140 cm³/mol. The second-order valence-electron chi connectivity index (χ2n) is 7.80. The zero-order chi connectivity index (χ0) is 25.7. The molecule has 186 valence electrons. The normalized spacial score (nSPS) is 10.9. The summed E-state index contributed by atoms with van der Waals surface area (Å²) in [5, 5.41) is 4.12. The first-order valence-corrected chi connectivity index (χ1v) is 12.3. The first-order chi connectivity index (χ1) is 17.4. The van der Waals surface area contributed by atoms with Crippen LogP contribution in [0.15, 0.2) is 70.6 Å². The van der Waals surface area contributed by atoms with Crippen molar-refractivity contribution in [3.63, 3.8) is 0 Å². The number of thioether (sulfide) groups is 1. The number of methoxy groups -OCH3 is 2. The molecule has 0 fully saturated rings. The molecular weight excluding hydrogens is 505 g/mol. The molecule has 3 aromatic carbocycles. The van der Waals surface area contributed by atoms with Crippen molar-refractivity contribution in [1.82, 2.24) is 9.55 Å². The lowest BCUT2D eigenvalue weighted by Gasteiger charge is -2.15. The number of rotatable bonds is 9. The smallest absolute Gasteiger partial charge is 0.262 e. The van der Waals surface area contributed by atoms with E-state index in [-0.39, 0.29) is 23.0 Å². The number of amides is 1. The van der Waals surface area contributed by atoms with Gasteiger partial charge in [-0.05, 0) is 54.4 Å². The highest BCUT2D eigenvalue weighted by molar-refractivity contribution is 7.99. The summed E-state index contributed by atoms with van der Waals surface area (Å²) < 4.78 is 25.4. The van der Waals surface area contributed by atoms with Crippen LogP contribution in [-0.2, 0) is 17.8 Å². The van der Waals surface area contributed by atoms with E-state index in [1.54, 1.807) is 28.8 Å². The number of carbonyl (C=O) groups is 1. The molecule has 4 rings (SSSR count). The molecule has 0 saturated carbocycles. The van der Waals surface area contributed by atoms with Crippen molar-refractivity contribution >= 4 is 45.9 Å². The first kappa shape index (κ1) is 25.5. The summed E-state index contributed by atoms with van der Waals surface area (Å²) in [4.78, 5) is 30.7. The molecule has 7 nitrogen and oxygen atoms in total.